The van der Waals surface area contributed by atoms with E-state index in [1.807, 2.05) is 0 Å². The summed E-state index contributed by atoms with van der Waals surface area (Å²) in [4.78, 5) is 0. The lowest BCUT2D eigenvalue weighted by Crippen LogP contribution is -2.12. The highest BCUT2D eigenvalue weighted by atomic mass is 16.7. The number of hydrogen-bond donors (Lipinski definition) is 1. The molecule has 0 spiro atoms. The zero-order valence-corrected chi connectivity index (χ0v) is 7.66. The molecule has 0 bridgehead atoms. The van der Waals surface area contributed by atoms with Crippen LogP contribution in [0.3, 0.4) is 0 Å². The molecule has 1 N–H and O–H groups in total. The number of ether oxygens (including phenoxy) is 2. The number of aliphatic hydroxyl groups excluding tert-OH is 1. The van der Waals surface area contributed by atoms with Crippen LogP contribution in [-0.4, -0.2) is 30.7 Å². The Bertz CT molecular complexity index is 116. The van der Waals surface area contributed by atoms with Crippen LogP contribution < -0.4 is 0 Å². The van der Waals surface area contributed by atoms with Gasteiger partial charge < -0.3 is 14.6 Å². The van der Waals surface area contributed by atoms with Gasteiger partial charge in [-0.2, -0.15) is 0 Å². The Morgan fingerprint density at radius 1 is 1.50 bits per heavy atom. The quantitative estimate of drug-likeness (QED) is 0.638. The highest BCUT2D eigenvalue weighted by Crippen LogP contribution is 2.14. The van der Waals surface area contributed by atoms with E-state index in [0.29, 0.717) is 13.0 Å². The molecule has 2 atom stereocenters. The Hall–Kier alpha value is -0.120. The van der Waals surface area contributed by atoms with Crippen LogP contribution in [0.1, 0.15) is 32.6 Å². The van der Waals surface area contributed by atoms with E-state index in [-0.39, 0.29) is 12.4 Å². The van der Waals surface area contributed by atoms with Crippen molar-refractivity contribution in [3.05, 3.63) is 0 Å². The van der Waals surface area contributed by atoms with E-state index in [1.165, 1.54) is 12.8 Å². The van der Waals surface area contributed by atoms with Gasteiger partial charge in [0, 0.05) is 13.0 Å². The third-order valence-electron chi connectivity index (χ3n) is 1.99. The second-order valence-electron chi connectivity index (χ2n) is 3.23. The fourth-order valence-corrected chi connectivity index (χ4v) is 1.26. The summed E-state index contributed by atoms with van der Waals surface area (Å²) < 4.78 is 10.6. The van der Waals surface area contributed by atoms with Crippen LogP contribution in [0.25, 0.3) is 0 Å². The zero-order chi connectivity index (χ0) is 8.81. The molecule has 0 aromatic rings. The van der Waals surface area contributed by atoms with E-state index < -0.39 is 0 Å². The second kappa shape index (κ2) is 5.51. The molecule has 3 heteroatoms. The van der Waals surface area contributed by atoms with E-state index in [2.05, 4.69) is 6.92 Å². The van der Waals surface area contributed by atoms with Crippen LogP contribution in [0.15, 0.2) is 0 Å². The first-order valence-electron chi connectivity index (χ1n) is 4.74. The van der Waals surface area contributed by atoms with Crippen molar-refractivity contribution in [2.24, 2.45) is 0 Å². The van der Waals surface area contributed by atoms with Crippen LogP contribution in [0.5, 0.6) is 0 Å². The molecular weight excluding hydrogens is 156 g/mol. The highest BCUT2D eigenvalue weighted by molar-refractivity contribution is 4.64. The van der Waals surface area contributed by atoms with E-state index in [4.69, 9.17) is 14.6 Å². The number of rotatable bonds is 5. The zero-order valence-electron chi connectivity index (χ0n) is 7.66. The summed E-state index contributed by atoms with van der Waals surface area (Å²) in [6, 6.07) is 0. The Labute approximate surface area is 73.7 Å². The van der Waals surface area contributed by atoms with Crippen LogP contribution in [-0.2, 0) is 9.47 Å². The fourth-order valence-electron chi connectivity index (χ4n) is 1.26. The maximum absolute atomic E-state index is 9.10. The average Bonchev–Trinajstić information content (AvgIpc) is 2.45. The molecular formula is C9H18O3. The van der Waals surface area contributed by atoms with Gasteiger partial charge in [0.05, 0.1) is 12.7 Å². The first-order chi connectivity index (χ1) is 5.83. The minimum absolute atomic E-state index is 0.156. The van der Waals surface area contributed by atoms with E-state index >= 15 is 0 Å². The smallest absolute Gasteiger partial charge is 0.160 e. The summed E-state index contributed by atoms with van der Waals surface area (Å²) in [6.07, 6.45) is 3.66. The van der Waals surface area contributed by atoms with Gasteiger partial charge in [-0.3, -0.25) is 0 Å². The van der Waals surface area contributed by atoms with Crippen LogP contribution in [0.2, 0.25) is 0 Å². The predicted octanol–water partition coefficient (Wildman–Crippen LogP) is 1.30. The monoisotopic (exact) mass is 174 g/mol. The lowest BCUT2D eigenvalue weighted by Gasteiger charge is -2.09. The van der Waals surface area contributed by atoms with Gasteiger partial charge in [-0.05, 0) is 6.42 Å². The first-order valence-corrected chi connectivity index (χ1v) is 4.74. The molecule has 0 saturated carbocycles. The van der Waals surface area contributed by atoms with Gasteiger partial charge in [0.25, 0.3) is 0 Å². The van der Waals surface area contributed by atoms with Crippen molar-refractivity contribution >= 4 is 0 Å². The standard InChI is InChI=1S/C9H18O3/c1-2-3-4-5-11-9-6-8(10)7-12-9/h8-10H,2-7H2,1H3/t8?,9-/m1/s1. The lowest BCUT2D eigenvalue weighted by atomic mass is 10.3. The van der Waals surface area contributed by atoms with Gasteiger partial charge in [0.15, 0.2) is 6.29 Å². The molecule has 1 aliphatic heterocycles. The molecule has 1 saturated heterocycles. The van der Waals surface area contributed by atoms with Crippen LogP contribution >= 0.6 is 0 Å². The van der Waals surface area contributed by atoms with Gasteiger partial charge in [-0.15, -0.1) is 0 Å². The summed E-state index contributed by atoms with van der Waals surface area (Å²) in [5, 5.41) is 9.10. The normalized spacial score (nSPS) is 29.5. The summed E-state index contributed by atoms with van der Waals surface area (Å²) in [5.74, 6) is 0. The van der Waals surface area contributed by atoms with Crippen molar-refractivity contribution in [1.82, 2.24) is 0 Å². The Balaban J connectivity index is 1.93. The summed E-state index contributed by atoms with van der Waals surface area (Å²) in [5.41, 5.74) is 0. The summed E-state index contributed by atoms with van der Waals surface area (Å²) >= 11 is 0. The van der Waals surface area contributed by atoms with Gasteiger partial charge in [0.1, 0.15) is 0 Å². The van der Waals surface area contributed by atoms with Gasteiger partial charge in [-0.25, -0.2) is 0 Å². The van der Waals surface area contributed by atoms with Crippen molar-refractivity contribution in [1.29, 1.82) is 0 Å². The molecule has 0 aromatic carbocycles. The maximum Gasteiger partial charge on any atom is 0.160 e. The summed E-state index contributed by atoms with van der Waals surface area (Å²) in [7, 11) is 0. The largest absolute Gasteiger partial charge is 0.391 e. The Kier molecular flexibility index (Phi) is 4.58. The van der Waals surface area contributed by atoms with Crippen molar-refractivity contribution < 1.29 is 14.6 Å². The maximum atomic E-state index is 9.10. The van der Waals surface area contributed by atoms with Gasteiger partial charge in [0.2, 0.25) is 0 Å². The molecule has 3 nitrogen and oxygen atoms in total. The molecule has 72 valence electrons. The molecule has 12 heavy (non-hydrogen) atoms. The minimum Gasteiger partial charge on any atom is -0.391 e. The molecule has 1 aliphatic rings. The van der Waals surface area contributed by atoms with Crippen molar-refractivity contribution in [3.8, 4) is 0 Å². The highest BCUT2D eigenvalue weighted by Gasteiger charge is 2.23. The number of unbranched alkanes of at least 4 members (excludes halogenated alkanes) is 2. The summed E-state index contributed by atoms with van der Waals surface area (Å²) in [6.45, 7) is 3.35. The first kappa shape index (κ1) is 9.96. The Morgan fingerprint density at radius 3 is 2.92 bits per heavy atom. The Morgan fingerprint density at radius 2 is 2.33 bits per heavy atom. The van der Waals surface area contributed by atoms with Crippen molar-refractivity contribution in [3.63, 3.8) is 0 Å². The van der Waals surface area contributed by atoms with E-state index in [9.17, 15) is 0 Å². The molecule has 1 heterocycles. The molecule has 1 fully saturated rings. The van der Waals surface area contributed by atoms with Crippen molar-refractivity contribution in [2.75, 3.05) is 13.2 Å². The third-order valence-corrected chi connectivity index (χ3v) is 1.99. The molecule has 0 aliphatic carbocycles. The second-order valence-corrected chi connectivity index (χ2v) is 3.23. The van der Waals surface area contributed by atoms with Crippen LogP contribution in [0, 0.1) is 0 Å². The topological polar surface area (TPSA) is 38.7 Å². The SMILES string of the molecule is CCCCCO[C@H]1CC(O)CO1. The third kappa shape index (κ3) is 3.52. The minimum atomic E-state index is -0.318. The number of aliphatic hydroxyl groups is 1. The fraction of sp³-hybridized carbons (Fsp3) is 1.00. The van der Waals surface area contributed by atoms with Crippen molar-refractivity contribution in [2.45, 2.75) is 45.0 Å². The van der Waals surface area contributed by atoms with Gasteiger partial charge in [-0.1, -0.05) is 19.8 Å². The lowest BCUT2D eigenvalue weighted by molar-refractivity contribution is -0.111. The molecule has 0 aromatic heterocycles. The molecule has 1 unspecified atom stereocenters. The molecule has 0 amide bonds. The van der Waals surface area contributed by atoms with Crippen LogP contribution in [0.4, 0.5) is 0 Å². The molecule has 1 rings (SSSR count). The predicted molar refractivity (Wildman–Crippen MR) is 45.8 cm³/mol. The number of hydrogen-bond acceptors (Lipinski definition) is 3. The van der Waals surface area contributed by atoms with Gasteiger partial charge >= 0.3 is 0 Å². The van der Waals surface area contributed by atoms with E-state index in [1.54, 1.807) is 0 Å². The van der Waals surface area contributed by atoms with E-state index in [0.717, 1.165) is 13.0 Å². The molecule has 0 radical (unpaired) electrons. The average molecular weight is 174 g/mol.